The van der Waals surface area contributed by atoms with Crippen LogP contribution >= 0.6 is 0 Å². The molecule has 2 fully saturated rings. The van der Waals surface area contributed by atoms with Crippen LogP contribution in [-0.2, 0) is 4.79 Å². The molecule has 1 unspecified atom stereocenters. The first kappa shape index (κ1) is 16.1. The fraction of sp³-hybridized carbons (Fsp3) is 0.450. The number of aromatic nitrogens is 2. The molecule has 1 atom stereocenters. The van der Waals surface area contributed by atoms with Crippen LogP contribution in [0.5, 0.6) is 0 Å². The van der Waals surface area contributed by atoms with E-state index in [0.29, 0.717) is 6.04 Å². The van der Waals surface area contributed by atoms with Gasteiger partial charge in [0.25, 0.3) is 0 Å². The summed E-state index contributed by atoms with van der Waals surface area (Å²) in [6, 6.07) is 12.8. The molecule has 1 saturated carbocycles. The summed E-state index contributed by atoms with van der Waals surface area (Å²) in [5, 5.41) is 11.9. The molecule has 1 aromatic carbocycles. The lowest BCUT2D eigenvalue weighted by Gasteiger charge is -2.32. The minimum Gasteiger partial charge on any atom is -0.354 e. The number of nitrogens with zero attached hydrogens (tertiary/aromatic N) is 3. The Kier molecular flexibility index (Phi) is 4.38. The Labute approximate surface area is 148 Å². The molecule has 25 heavy (non-hydrogen) atoms. The minimum atomic E-state index is 0.0629. The maximum atomic E-state index is 12.3. The molecule has 2 aliphatic rings. The van der Waals surface area contributed by atoms with Crippen LogP contribution in [0.25, 0.3) is 11.3 Å². The van der Waals surface area contributed by atoms with Crippen molar-refractivity contribution in [1.82, 2.24) is 15.5 Å². The van der Waals surface area contributed by atoms with Crippen molar-refractivity contribution in [3.63, 3.8) is 0 Å². The number of rotatable bonds is 4. The Balaban J connectivity index is 1.43. The van der Waals surface area contributed by atoms with Gasteiger partial charge in [-0.15, -0.1) is 10.2 Å². The minimum absolute atomic E-state index is 0.0629. The second kappa shape index (κ2) is 6.82. The van der Waals surface area contributed by atoms with E-state index in [1.807, 2.05) is 12.1 Å². The predicted molar refractivity (Wildman–Crippen MR) is 98.3 cm³/mol. The first-order valence-corrected chi connectivity index (χ1v) is 9.15. The van der Waals surface area contributed by atoms with E-state index in [1.54, 1.807) is 0 Å². The van der Waals surface area contributed by atoms with Gasteiger partial charge in [-0.2, -0.15) is 0 Å². The number of nitrogens with one attached hydrogen (secondary N) is 1. The summed E-state index contributed by atoms with van der Waals surface area (Å²) < 4.78 is 0. The quantitative estimate of drug-likeness (QED) is 0.933. The highest BCUT2D eigenvalue weighted by molar-refractivity contribution is 5.80. The number of hydrogen-bond donors (Lipinski definition) is 1. The average Bonchev–Trinajstić information content (AvgIpc) is 3.47. The summed E-state index contributed by atoms with van der Waals surface area (Å²) in [6.07, 6.45) is 4.25. The summed E-state index contributed by atoms with van der Waals surface area (Å²) in [6.45, 7) is 3.74. The third kappa shape index (κ3) is 3.81. The first-order chi connectivity index (χ1) is 12.2. The van der Waals surface area contributed by atoms with Crippen LogP contribution in [0.2, 0.25) is 0 Å². The number of benzene rings is 1. The van der Waals surface area contributed by atoms with Gasteiger partial charge in [0.2, 0.25) is 5.91 Å². The molecule has 5 heteroatoms. The maximum absolute atomic E-state index is 12.3. The Morgan fingerprint density at radius 1 is 1.08 bits per heavy atom. The highest BCUT2D eigenvalue weighted by Crippen LogP contribution is 2.25. The molecule has 2 heterocycles. The zero-order valence-electron chi connectivity index (χ0n) is 14.6. The summed E-state index contributed by atoms with van der Waals surface area (Å²) in [7, 11) is 0. The Hall–Kier alpha value is -2.43. The SMILES string of the molecule is Cc1ccc(-c2ccc(N3CCCC(C(=O)NC4CC4)C3)nn2)cc1. The van der Waals surface area contributed by atoms with Crippen molar-refractivity contribution in [3.8, 4) is 11.3 Å². The van der Waals surface area contributed by atoms with Crippen LogP contribution in [0.15, 0.2) is 36.4 Å². The van der Waals surface area contributed by atoms with Crippen LogP contribution in [0.4, 0.5) is 5.82 Å². The normalized spacial score (nSPS) is 20.4. The molecule has 2 aromatic rings. The molecule has 5 nitrogen and oxygen atoms in total. The van der Waals surface area contributed by atoms with Crippen LogP contribution in [0.1, 0.15) is 31.2 Å². The largest absolute Gasteiger partial charge is 0.354 e. The fourth-order valence-corrected chi connectivity index (χ4v) is 3.32. The van der Waals surface area contributed by atoms with Crippen molar-refractivity contribution in [1.29, 1.82) is 0 Å². The molecule has 1 aliphatic carbocycles. The van der Waals surface area contributed by atoms with E-state index in [1.165, 1.54) is 5.56 Å². The summed E-state index contributed by atoms with van der Waals surface area (Å²) >= 11 is 0. The number of anilines is 1. The Morgan fingerprint density at radius 2 is 1.88 bits per heavy atom. The number of piperidine rings is 1. The van der Waals surface area contributed by atoms with E-state index in [-0.39, 0.29) is 11.8 Å². The standard InChI is InChI=1S/C20H24N4O/c1-14-4-6-15(7-5-14)18-10-11-19(23-22-18)24-12-2-3-16(13-24)20(25)21-17-8-9-17/h4-7,10-11,16-17H,2-3,8-9,12-13H2,1H3,(H,21,25). The molecular formula is C20H24N4O. The monoisotopic (exact) mass is 336 g/mol. The van der Waals surface area contributed by atoms with E-state index in [0.717, 1.165) is 55.8 Å². The number of aryl methyl sites for hydroxylation is 1. The molecule has 4 rings (SSSR count). The van der Waals surface area contributed by atoms with Crippen molar-refractivity contribution in [2.45, 2.75) is 38.6 Å². The molecule has 1 aliphatic heterocycles. The summed E-state index contributed by atoms with van der Waals surface area (Å²) in [4.78, 5) is 14.5. The van der Waals surface area contributed by atoms with Gasteiger partial charge in [0, 0.05) is 24.7 Å². The van der Waals surface area contributed by atoms with Gasteiger partial charge >= 0.3 is 0 Å². The lowest BCUT2D eigenvalue weighted by molar-refractivity contribution is -0.125. The van der Waals surface area contributed by atoms with Gasteiger partial charge in [0.05, 0.1) is 11.6 Å². The molecule has 1 saturated heterocycles. The fourth-order valence-electron chi connectivity index (χ4n) is 3.32. The molecule has 0 spiro atoms. The van der Waals surface area contributed by atoms with Crippen molar-refractivity contribution in [2.75, 3.05) is 18.0 Å². The van der Waals surface area contributed by atoms with E-state index < -0.39 is 0 Å². The Bertz CT molecular complexity index is 737. The molecule has 0 bridgehead atoms. The zero-order chi connectivity index (χ0) is 17.2. The highest BCUT2D eigenvalue weighted by Gasteiger charge is 2.30. The first-order valence-electron chi connectivity index (χ1n) is 9.15. The number of carbonyl (C=O) groups excluding carboxylic acids is 1. The van der Waals surface area contributed by atoms with Gasteiger partial charge in [-0.05, 0) is 44.7 Å². The molecule has 130 valence electrons. The van der Waals surface area contributed by atoms with Crippen molar-refractivity contribution in [2.24, 2.45) is 5.92 Å². The van der Waals surface area contributed by atoms with Crippen LogP contribution < -0.4 is 10.2 Å². The van der Waals surface area contributed by atoms with Gasteiger partial charge < -0.3 is 10.2 Å². The van der Waals surface area contributed by atoms with Gasteiger partial charge in [0.15, 0.2) is 5.82 Å². The number of carbonyl (C=O) groups is 1. The van der Waals surface area contributed by atoms with Crippen LogP contribution in [0, 0.1) is 12.8 Å². The highest BCUT2D eigenvalue weighted by atomic mass is 16.2. The topological polar surface area (TPSA) is 58.1 Å². The van der Waals surface area contributed by atoms with Gasteiger partial charge in [-0.3, -0.25) is 4.79 Å². The van der Waals surface area contributed by atoms with Crippen molar-refractivity contribution < 1.29 is 4.79 Å². The molecule has 0 radical (unpaired) electrons. The molecular weight excluding hydrogens is 312 g/mol. The lowest BCUT2D eigenvalue weighted by Crippen LogP contribution is -2.44. The number of amides is 1. The van der Waals surface area contributed by atoms with E-state index in [2.05, 4.69) is 51.6 Å². The second-order valence-corrected chi connectivity index (χ2v) is 7.21. The third-order valence-electron chi connectivity index (χ3n) is 5.04. The predicted octanol–water partition coefficient (Wildman–Crippen LogP) is 2.95. The van der Waals surface area contributed by atoms with Gasteiger partial charge in [-0.1, -0.05) is 29.8 Å². The van der Waals surface area contributed by atoms with E-state index in [9.17, 15) is 4.79 Å². The van der Waals surface area contributed by atoms with E-state index >= 15 is 0 Å². The average molecular weight is 336 g/mol. The van der Waals surface area contributed by atoms with Crippen LogP contribution in [-0.4, -0.2) is 35.2 Å². The van der Waals surface area contributed by atoms with E-state index in [4.69, 9.17) is 0 Å². The lowest BCUT2D eigenvalue weighted by atomic mass is 9.97. The molecule has 1 amide bonds. The zero-order valence-corrected chi connectivity index (χ0v) is 14.6. The second-order valence-electron chi connectivity index (χ2n) is 7.21. The van der Waals surface area contributed by atoms with Crippen molar-refractivity contribution in [3.05, 3.63) is 42.0 Å². The smallest absolute Gasteiger partial charge is 0.225 e. The summed E-state index contributed by atoms with van der Waals surface area (Å²) in [5.41, 5.74) is 3.19. The van der Waals surface area contributed by atoms with Crippen molar-refractivity contribution >= 4 is 11.7 Å². The van der Waals surface area contributed by atoms with Gasteiger partial charge in [-0.25, -0.2) is 0 Å². The Morgan fingerprint density at radius 3 is 2.56 bits per heavy atom. The summed E-state index contributed by atoms with van der Waals surface area (Å²) in [5.74, 6) is 1.13. The maximum Gasteiger partial charge on any atom is 0.225 e. The third-order valence-corrected chi connectivity index (χ3v) is 5.04. The molecule has 1 N–H and O–H groups in total. The van der Waals surface area contributed by atoms with Crippen LogP contribution in [0.3, 0.4) is 0 Å². The molecule has 1 aromatic heterocycles. The van der Waals surface area contributed by atoms with Gasteiger partial charge in [0.1, 0.15) is 0 Å². The number of hydrogen-bond acceptors (Lipinski definition) is 4.